The van der Waals surface area contributed by atoms with Gasteiger partial charge in [-0.25, -0.2) is 0 Å². The van der Waals surface area contributed by atoms with Gasteiger partial charge >= 0.3 is 0 Å². The Labute approximate surface area is 143 Å². The minimum atomic E-state index is -0.0374. The molecule has 1 aromatic carbocycles. The molecule has 2 amide bonds. The first kappa shape index (κ1) is 16.7. The molecule has 0 aromatic heterocycles. The zero-order chi connectivity index (χ0) is 16.9. The van der Waals surface area contributed by atoms with Gasteiger partial charge in [0.05, 0.1) is 0 Å². The fourth-order valence-electron chi connectivity index (χ4n) is 3.23. The summed E-state index contributed by atoms with van der Waals surface area (Å²) >= 11 is 0. The van der Waals surface area contributed by atoms with Crippen LogP contribution in [0.1, 0.15) is 61.4 Å². The van der Waals surface area contributed by atoms with E-state index < -0.39 is 0 Å². The Morgan fingerprint density at radius 1 is 1.00 bits per heavy atom. The summed E-state index contributed by atoms with van der Waals surface area (Å²) in [5.74, 6) is 0.643. The molecule has 2 aliphatic carbocycles. The van der Waals surface area contributed by atoms with E-state index in [-0.39, 0.29) is 11.8 Å². The highest BCUT2D eigenvalue weighted by molar-refractivity contribution is 5.95. The molecule has 24 heavy (non-hydrogen) atoms. The maximum Gasteiger partial charge on any atom is 0.251 e. The highest BCUT2D eigenvalue weighted by atomic mass is 16.2. The maximum atomic E-state index is 12.0. The lowest BCUT2D eigenvalue weighted by Gasteiger charge is -2.26. The summed E-state index contributed by atoms with van der Waals surface area (Å²) in [5, 5.41) is 6.06. The lowest BCUT2D eigenvalue weighted by atomic mass is 9.87. The molecule has 4 nitrogen and oxygen atoms in total. The summed E-state index contributed by atoms with van der Waals surface area (Å²) in [6.07, 6.45) is 10.2. The lowest BCUT2D eigenvalue weighted by molar-refractivity contribution is -0.117. The van der Waals surface area contributed by atoms with E-state index in [0.717, 1.165) is 31.2 Å². The van der Waals surface area contributed by atoms with Crippen molar-refractivity contribution in [2.45, 2.75) is 57.5 Å². The second kappa shape index (κ2) is 7.65. The van der Waals surface area contributed by atoms with Gasteiger partial charge in [-0.05, 0) is 55.4 Å². The molecule has 2 atom stereocenters. The first-order chi connectivity index (χ1) is 11.6. The fraction of sp³-hybridized carbons (Fsp3) is 0.500. The highest BCUT2D eigenvalue weighted by Gasteiger charge is 2.23. The quantitative estimate of drug-likeness (QED) is 0.816. The molecule has 0 saturated heterocycles. The van der Waals surface area contributed by atoms with Gasteiger partial charge in [-0.15, -0.1) is 0 Å². The summed E-state index contributed by atoms with van der Waals surface area (Å²) in [6.45, 7) is 2.25. The molecule has 2 fully saturated rings. The van der Waals surface area contributed by atoms with Crippen LogP contribution in [-0.2, 0) is 4.79 Å². The van der Waals surface area contributed by atoms with Gasteiger partial charge in [-0.2, -0.15) is 0 Å². The Morgan fingerprint density at radius 2 is 1.75 bits per heavy atom. The predicted octanol–water partition coefficient (Wildman–Crippen LogP) is 3.29. The SMILES string of the molecule is CC1CCCC(NC(=O)/C=C/c2ccc(C(=O)NC3CC3)cc2)C1. The standard InChI is InChI=1S/C20H26N2O2/c1-14-3-2-4-18(13-14)21-19(23)12-7-15-5-8-16(9-6-15)20(24)22-17-10-11-17/h5-9,12,14,17-18H,2-4,10-11,13H2,1H3,(H,21,23)(H,22,24)/b12-7+. The fourth-order valence-corrected chi connectivity index (χ4v) is 3.23. The summed E-state index contributed by atoms with van der Waals surface area (Å²) in [7, 11) is 0. The Morgan fingerprint density at radius 3 is 2.42 bits per heavy atom. The molecule has 4 heteroatoms. The largest absolute Gasteiger partial charge is 0.350 e. The van der Waals surface area contributed by atoms with E-state index in [1.165, 1.54) is 12.8 Å². The number of amides is 2. The van der Waals surface area contributed by atoms with Gasteiger partial charge in [-0.1, -0.05) is 31.9 Å². The predicted molar refractivity (Wildman–Crippen MR) is 95.5 cm³/mol. The number of nitrogens with one attached hydrogen (secondary N) is 2. The first-order valence-corrected chi connectivity index (χ1v) is 8.99. The molecule has 1 aromatic rings. The topological polar surface area (TPSA) is 58.2 Å². The number of carbonyl (C=O) groups excluding carboxylic acids is 2. The molecular weight excluding hydrogens is 300 g/mol. The monoisotopic (exact) mass is 326 g/mol. The van der Waals surface area contributed by atoms with Crippen LogP contribution in [0.25, 0.3) is 6.08 Å². The zero-order valence-electron chi connectivity index (χ0n) is 14.3. The van der Waals surface area contributed by atoms with Crippen molar-refractivity contribution in [2.75, 3.05) is 0 Å². The van der Waals surface area contributed by atoms with Crippen molar-refractivity contribution in [3.05, 3.63) is 41.5 Å². The maximum absolute atomic E-state index is 12.0. The van der Waals surface area contributed by atoms with Crippen LogP contribution in [-0.4, -0.2) is 23.9 Å². The Bertz CT molecular complexity index is 617. The van der Waals surface area contributed by atoms with E-state index in [9.17, 15) is 9.59 Å². The van der Waals surface area contributed by atoms with E-state index in [1.807, 2.05) is 12.1 Å². The summed E-state index contributed by atoms with van der Waals surface area (Å²) in [4.78, 5) is 24.0. The molecule has 2 N–H and O–H groups in total. The molecule has 2 unspecified atom stereocenters. The number of hydrogen-bond donors (Lipinski definition) is 2. The Hall–Kier alpha value is -2.10. The molecule has 2 aliphatic rings. The van der Waals surface area contributed by atoms with Crippen LogP contribution in [0.15, 0.2) is 30.3 Å². The van der Waals surface area contributed by atoms with Crippen molar-refractivity contribution in [2.24, 2.45) is 5.92 Å². The van der Waals surface area contributed by atoms with E-state index >= 15 is 0 Å². The van der Waals surface area contributed by atoms with Crippen molar-refractivity contribution >= 4 is 17.9 Å². The van der Waals surface area contributed by atoms with Crippen molar-refractivity contribution in [3.63, 3.8) is 0 Å². The van der Waals surface area contributed by atoms with Gasteiger partial charge in [0.2, 0.25) is 5.91 Å². The number of rotatable bonds is 5. The van der Waals surface area contributed by atoms with Crippen LogP contribution in [0.5, 0.6) is 0 Å². The summed E-state index contributed by atoms with van der Waals surface area (Å²) < 4.78 is 0. The zero-order valence-corrected chi connectivity index (χ0v) is 14.3. The van der Waals surface area contributed by atoms with Crippen molar-refractivity contribution < 1.29 is 9.59 Å². The molecule has 3 rings (SSSR count). The Kier molecular flexibility index (Phi) is 5.34. The third-order valence-electron chi connectivity index (χ3n) is 4.80. The Balaban J connectivity index is 1.50. The van der Waals surface area contributed by atoms with Crippen LogP contribution in [0.2, 0.25) is 0 Å². The van der Waals surface area contributed by atoms with Crippen LogP contribution < -0.4 is 10.6 Å². The van der Waals surface area contributed by atoms with E-state index in [1.54, 1.807) is 24.3 Å². The van der Waals surface area contributed by atoms with E-state index in [4.69, 9.17) is 0 Å². The van der Waals surface area contributed by atoms with Crippen molar-refractivity contribution in [1.82, 2.24) is 10.6 Å². The van der Waals surface area contributed by atoms with Gasteiger partial charge in [0, 0.05) is 23.7 Å². The number of hydrogen-bond acceptors (Lipinski definition) is 2. The highest BCUT2D eigenvalue weighted by Crippen LogP contribution is 2.23. The van der Waals surface area contributed by atoms with Crippen LogP contribution >= 0.6 is 0 Å². The number of benzene rings is 1. The minimum absolute atomic E-state index is 0.0165. The summed E-state index contributed by atoms with van der Waals surface area (Å²) in [5.41, 5.74) is 1.59. The molecular formula is C20H26N2O2. The van der Waals surface area contributed by atoms with Crippen molar-refractivity contribution in [1.29, 1.82) is 0 Å². The van der Waals surface area contributed by atoms with Gasteiger partial charge in [0.15, 0.2) is 0 Å². The average Bonchev–Trinajstić information content (AvgIpc) is 3.37. The second-order valence-corrected chi connectivity index (χ2v) is 7.18. The molecule has 0 bridgehead atoms. The van der Waals surface area contributed by atoms with Crippen molar-refractivity contribution in [3.8, 4) is 0 Å². The average molecular weight is 326 g/mol. The molecule has 0 radical (unpaired) electrons. The van der Waals surface area contributed by atoms with E-state index in [2.05, 4.69) is 17.6 Å². The normalized spacial score (nSPS) is 23.9. The molecule has 0 aliphatic heterocycles. The van der Waals surface area contributed by atoms with E-state index in [0.29, 0.717) is 23.6 Å². The number of carbonyl (C=O) groups is 2. The van der Waals surface area contributed by atoms with Gasteiger partial charge in [0.25, 0.3) is 5.91 Å². The van der Waals surface area contributed by atoms with Crippen LogP contribution in [0.4, 0.5) is 0 Å². The third-order valence-corrected chi connectivity index (χ3v) is 4.80. The third kappa shape index (κ3) is 4.95. The van der Waals surface area contributed by atoms with Gasteiger partial charge in [0.1, 0.15) is 0 Å². The van der Waals surface area contributed by atoms with Crippen LogP contribution in [0.3, 0.4) is 0 Å². The smallest absolute Gasteiger partial charge is 0.251 e. The molecule has 128 valence electrons. The second-order valence-electron chi connectivity index (χ2n) is 7.18. The first-order valence-electron chi connectivity index (χ1n) is 8.99. The lowest BCUT2D eigenvalue weighted by Crippen LogP contribution is -2.36. The van der Waals surface area contributed by atoms with Gasteiger partial charge < -0.3 is 10.6 Å². The summed E-state index contributed by atoms with van der Waals surface area (Å²) in [6, 6.07) is 8.02. The molecule has 2 saturated carbocycles. The minimum Gasteiger partial charge on any atom is -0.350 e. The molecule has 0 heterocycles. The molecule has 0 spiro atoms. The van der Waals surface area contributed by atoms with Crippen LogP contribution in [0, 0.1) is 5.92 Å². The van der Waals surface area contributed by atoms with Gasteiger partial charge in [-0.3, -0.25) is 9.59 Å².